The Morgan fingerprint density at radius 1 is 1.24 bits per heavy atom. The standard InChI is InChI=1S/C29H41N5O4/c1-5-24(36)23-13-29-14-25(29)34(23)26(37)16-33-28-20(15-30-9-7-6-8-10-38-17-29)11-21(31-18(2)3)12-22(28)27(32-33)19(4)35/h11-12,18,23,25,30-31H,5-10,13-17H2,1-4H3/t23-,25+,29-/m0/s1. The highest BCUT2D eigenvalue weighted by Gasteiger charge is 2.66. The van der Waals surface area contributed by atoms with Crippen LogP contribution in [-0.2, 0) is 27.4 Å². The van der Waals surface area contributed by atoms with Gasteiger partial charge in [-0.2, -0.15) is 5.10 Å². The fourth-order valence-corrected chi connectivity index (χ4v) is 6.38. The van der Waals surface area contributed by atoms with E-state index in [-0.39, 0.29) is 41.5 Å². The molecule has 2 N–H and O–H groups in total. The number of nitrogens with one attached hydrogen (secondary N) is 2. The van der Waals surface area contributed by atoms with E-state index in [1.807, 2.05) is 17.9 Å². The molecule has 0 spiro atoms. The van der Waals surface area contributed by atoms with Gasteiger partial charge in [0.2, 0.25) is 5.91 Å². The van der Waals surface area contributed by atoms with Crippen molar-refractivity contribution in [2.75, 3.05) is 25.1 Å². The Bertz CT molecular complexity index is 1240. The van der Waals surface area contributed by atoms with Crippen molar-refractivity contribution >= 4 is 34.1 Å². The Kier molecular flexibility index (Phi) is 7.60. The van der Waals surface area contributed by atoms with E-state index >= 15 is 0 Å². The van der Waals surface area contributed by atoms with Crippen LogP contribution in [0.3, 0.4) is 0 Å². The number of rotatable bonds is 5. The van der Waals surface area contributed by atoms with Crippen molar-refractivity contribution in [2.45, 2.75) is 97.4 Å². The maximum Gasteiger partial charge on any atom is 0.245 e. The molecule has 3 aliphatic rings. The Labute approximate surface area is 224 Å². The number of hydrogen-bond donors (Lipinski definition) is 2. The Balaban J connectivity index is 1.56. The van der Waals surface area contributed by atoms with Gasteiger partial charge in [-0.25, -0.2) is 0 Å². The van der Waals surface area contributed by atoms with E-state index in [1.54, 1.807) is 4.68 Å². The second-order valence-electron chi connectivity index (χ2n) is 11.6. The molecule has 3 heterocycles. The summed E-state index contributed by atoms with van der Waals surface area (Å²) in [5, 5.41) is 12.4. The van der Waals surface area contributed by atoms with E-state index in [4.69, 9.17) is 4.74 Å². The molecular formula is C29H41N5O4. The normalized spacial score (nSPS) is 26.3. The smallest absolute Gasteiger partial charge is 0.245 e. The van der Waals surface area contributed by atoms with Crippen LogP contribution < -0.4 is 10.6 Å². The predicted molar refractivity (Wildman–Crippen MR) is 146 cm³/mol. The van der Waals surface area contributed by atoms with Crippen LogP contribution >= 0.6 is 0 Å². The summed E-state index contributed by atoms with van der Waals surface area (Å²) in [6.07, 6.45) is 5.06. The first-order chi connectivity index (χ1) is 18.2. The Hall–Kier alpha value is -2.78. The van der Waals surface area contributed by atoms with Crippen LogP contribution in [0, 0.1) is 5.41 Å². The highest BCUT2D eigenvalue weighted by atomic mass is 16.5. The number of Topliss-reactive ketones (excluding diaryl/α,β-unsaturated/α-hetero) is 2. The van der Waals surface area contributed by atoms with E-state index in [1.165, 1.54) is 6.92 Å². The van der Waals surface area contributed by atoms with Crippen molar-refractivity contribution in [3.05, 3.63) is 23.4 Å². The zero-order valence-corrected chi connectivity index (χ0v) is 23.1. The number of anilines is 1. The zero-order valence-electron chi connectivity index (χ0n) is 23.1. The molecule has 1 amide bonds. The largest absolute Gasteiger partial charge is 0.383 e. The molecule has 0 radical (unpaired) electrons. The van der Waals surface area contributed by atoms with Crippen molar-refractivity contribution in [3.63, 3.8) is 0 Å². The number of nitrogens with zero attached hydrogens (tertiary/aromatic N) is 3. The number of ketones is 2. The molecule has 0 unspecified atom stereocenters. The van der Waals surface area contributed by atoms with E-state index < -0.39 is 6.04 Å². The van der Waals surface area contributed by atoms with Gasteiger partial charge in [-0.05, 0) is 70.2 Å². The average Bonchev–Trinajstić information content (AvgIpc) is 3.27. The van der Waals surface area contributed by atoms with E-state index in [9.17, 15) is 14.4 Å². The molecule has 206 valence electrons. The van der Waals surface area contributed by atoms with Crippen LogP contribution in [0.25, 0.3) is 10.9 Å². The molecule has 3 atom stereocenters. The lowest BCUT2D eigenvalue weighted by Gasteiger charge is -2.26. The first-order valence-corrected chi connectivity index (χ1v) is 14.2. The molecule has 9 heteroatoms. The Morgan fingerprint density at radius 3 is 2.79 bits per heavy atom. The van der Waals surface area contributed by atoms with Crippen LogP contribution in [0.15, 0.2) is 12.1 Å². The lowest BCUT2D eigenvalue weighted by Crippen LogP contribution is -2.44. The molecule has 5 rings (SSSR count). The van der Waals surface area contributed by atoms with Crippen molar-refractivity contribution in [2.24, 2.45) is 5.41 Å². The van der Waals surface area contributed by atoms with Gasteiger partial charge in [-0.1, -0.05) is 6.92 Å². The highest BCUT2D eigenvalue weighted by molar-refractivity contribution is 6.06. The number of carbonyl (C=O) groups is 3. The van der Waals surface area contributed by atoms with Gasteiger partial charge in [0.05, 0.1) is 18.2 Å². The monoisotopic (exact) mass is 523 g/mol. The third-order valence-electron chi connectivity index (χ3n) is 8.27. The number of amides is 1. The molecule has 1 saturated heterocycles. The Morgan fingerprint density at radius 2 is 2.05 bits per heavy atom. The van der Waals surface area contributed by atoms with Crippen LogP contribution in [-0.4, -0.2) is 70.0 Å². The fourth-order valence-electron chi connectivity index (χ4n) is 6.38. The van der Waals surface area contributed by atoms with Crippen LogP contribution in [0.4, 0.5) is 5.69 Å². The van der Waals surface area contributed by atoms with Gasteiger partial charge >= 0.3 is 0 Å². The fraction of sp³-hybridized carbons (Fsp3) is 0.655. The summed E-state index contributed by atoms with van der Waals surface area (Å²) in [6, 6.07) is 3.90. The maximum atomic E-state index is 13.9. The summed E-state index contributed by atoms with van der Waals surface area (Å²) in [4.78, 5) is 41.3. The predicted octanol–water partition coefficient (Wildman–Crippen LogP) is 3.69. The molecule has 2 aromatic rings. The minimum absolute atomic E-state index is 0.00529. The lowest BCUT2D eigenvalue weighted by molar-refractivity contribution is -0.139. The molecule has 1 aromatic carbocycles. The summed E-state index contributed by atoms with van der Waals surface area (Å²) >= 11 is 0. The number of carbonyl (C=O) groups excluding carboxylic acids is 3. The van der Waals surface area contributed by atoms with Gasteiger partial charge < -0.3 is 20.3 Å². The van der Waals surface area contributed by atoms with E-state index in [0.29, 0.717) is 38.3 Å². The summed E-state index contributed by atoms with van der Waals surface area (Å²) in [5.41, 5.74) is 2.98. The van der Waals surface area contributed by atoms with Gasteiger partial charge in [0, 0.05) is 55.1 Å². The molecule has 2 bridgehead atoms. The lowest BCUT2D eigenvalue weighted by atomic mass is 9.97. The molecule has 2 fully saturated rings. The topological polar surface area (TPSA) is 106 Å². The average molecular weight is 524 g/mol. The zero-order chi connectivity index (χ0) is 27.0. The molecule has 38 heavy (non-hydrogen) atoms. The number of piperidine rings is 1. The van der Waals surface area contributed by atoms with Crippen LogP contribution in [0.2, 0.25) is 0 Å². The minimum Gasteiger partial charge on any atom is -0.383 e. The molecule has 2 aliphatic heterocycles. The minimum atomic E-state index is -0.411. The van der Waals surface area contributed by atoms with Gasteiger partial charge in [0.15, 0.2) is 11.6 Å². The second kappa shape index (κ2) is 10.8. The molecule has 1 saturated carbocycles. The van der Waals surface area contributed by atoms with Gasteiger partial charge in [0.25, 0.3) is 0 Å². The van der Waals surface area contributed by atoms with Crippen molar-refractivity contribution in [1.29, 1.82) is 0 Å². The summed E-state index contributed by atoms with van der Waals surface area (Å²) in [5.74, 6) is -0.154. The van der Waals surface area contributed by atoms with Crippen LogP contribution in [0.1, 0.15) is 82.3 Å². The molecule has 1 aliphatic carbocycles. The van der Waals surface area contributed by atoms with Crippen molar-refractivity contribution in [3.8, 4) is 0 Å². The quantitative estimate of drug-likeness (QED) is 0.576. The third-order valence-corrected chi connectivity index (χ3v) is 8.27. The van der Waals surface area contributed by atoms with Gasteiger partial charge in [-0.3, -0.25) is 19.1 Å². The van der Waals surface area contributed by atoms with Gasteiger partial charge in [0.1, 0.15) is 12.2 Å². The van der Waals surface area contributed by atoms with Gasteiger partial charge in [-0.15, -0.1) is 0 Å². The van der Waals surface area contributed by atoms with Crippen molar-refractivity contribution in [1.82, 2.24) is 20.0 Å². The molecule has 9 nitrogen and oxygen atoms in total. The molecular weight excluding hydrogens is 482 g/mol. The first kappa shape index (κ1) is 26.8. The van der Waals surface area contributed by atoms with Crippen LogP contribution in [0.5, 0.6) is 0 Å². The first-order valence-electron chi connectivity index (χ1n) is 14.2. The number of hydrogen-bond acceptors (Lipinski definition) is 7. The SMILES string of the molecule is CCC(=O)[C@@H]1C[C@]23COCCCCCNCc4cc(NC(C)C)cc5c(C(C)=O)nn(c45)CC(=O)N1[C@@H]2C3. The third kappa shape index (κ3) is 5.10. The maximum absolute atomic E-state index is 13.9. The van der Waals surface area contributed by atoms with E-state index in [2.05, 4.69) is 35.6 Å². The summed E-state index contributed by atoms with van der Waals surface area (Å²) < 4.78 is 7.76. The van der Waals surface area contributed by atoms with Crippen molar-refractivity contribution < 1.29 is 19.1 Å². The number of benzene rings is 1. The summed E-state index contributed by atoms with van der Waals surface area (Å²) in [6.45, 7) is 10.3. The molecule has 1 aromatic heterocycles. The number of aromatic nitrogens is 2. The van der Waals surface area contributed by atoms with E-state index in [0.717, 1.165) is 54.4 Å². The number of ether oxygens (including phenoxy) is 1. The summed E-state index contributed by atoms with van der Waals surface area (Å²) in [7, 11) is 0. The highest BCUT2D eigenvalue weighted by Crippen LogP contribution is 2.60. The second-order valence-corrected chi connectivity index (χ2v) is 11.6.